The number of rotatable bonds is 4. The predicted molar refractivity (Wildman–Crippen MR) is 93.0 cm³/mol. The van der Waals surface area contributed by atoms with Gasteiger partial charge >= 0.3 is 0 Å². The predicted octanol–water partition coefficient (Wildman–Crippen LogP) is 3.47. The Balaban J connectivity index is 0.00000242. The third-order valence-corrected chi connectivity index (χ3v) is 3.77. The number of hydrogen-bond acceptors (Lipinski definition) is 2. The fraction of sp³-hybridized carbons (Fsp3) is 0.278. The summed E-state index contributed by atoms with van der Waals surface area (Å²) in [5, 5.41) is 2.99. The number of carbonyl (C=O) groups excluding carboxylic acids is 1. The lowest BCUT2D eigenvalue weighted by molar-refractivity contribution is -0.126. The molecular weight excluding hydrogens is 296 g/mol. The quantitative estimate of drug-likeness (QED) is 0.907. The Hall–Kier alpha value is -1.84. The van der Waals surface area contributed by atoms with E-state index in [2.05, 4.69) is 5.32 Å². The molecule has 0 saturated heterocycles. The van der Waals surface area contributed by atoms with Crippen LogP contribution in [0, 0.1) is 6.92 Å². The number of nitrogens with one attached hydrogen (secondary N) is 1. The Bertz CT molecular complexity index is 609. The van der Waals surface area contributed by atoms with Crippen molar-refractivity contribution in [3.8, 4) is 0 Å². The fourth-order valence-corrected chi connectivity index (χ4v) is 2.20. The molecular formula is C18H23ClN2O. The van der Waals surface area contributed by atoms with Gasteiger partial charge in [0.15, 0.2) is 0 Å². The van der Waals surface area contributed by atoms with E-state index in [0.29, 0.717) is 0 Å². The smallest absolute Gasteiger partial charge is 0.244 e. The Morgan fingerprint density at radius 3 is 2.18 bits per heavy atom. The number of carbonyl (C=O) groups is 1. The Kier molecular flexibility index (Phi) is 6.15. The number of nitrogens with two attached hydrogens (primary N) is 1. The van der Waals surface area contributed by atoms with Crippen molar-refractivity contribution < 1.29 is 4.79 Å². The van der Waals surface area contributed by atoms with Gasteiger partial charge in [-0.1, -0.05) is 60.2 Å². The van der Waals surface area contributed by atoms with Gasteiger partial charge in [0.1, 0.15) is 5.54 Å². The Morgan fingerprint density at radius 2 is 1.64 bits per heavy atom. The van der Waals surface area contributed by atoms with E-state index >= 15 is 0 Å². The molecule has 0 radical (unpaired) electrons. The van der Waals surface area contributed by atoms with Gasteiger partial charge in [-0.3, -0.25) is 4.79 Å². The minimum absolute atomic E-state index is 0. The zero-order valence-electron chi connectivity index (χ0n) is 13.2. The summed E-state index contributed by atoms with van der Waals surface area (Å²) < 4.78 is 0. The molecule has 0 aliphatic rings. The molecule has 0 fully saturated rings. The van der Waals surface area contributed by atoms with Crippen LogP contribution in [0.25, 0.3) is 0 Å². The molecule has 0 aromatic heterocycles. The van der Waals surface area contributed by atoms with Crippen LogP contribution >= 0.6 is 12.4 Å². The van der Waals surface area contributed by atoms with E-state index in [9.17, 15) is 4.79 Å². The van der Waals surface area contributed by atoms with Gasteiger partial charge in [-0.2, -0.15) is 0 Å². The largest absolute Gasteiger partial charge is 0.348 e. The number of halogens is 1. The molecule has 2 aromatic carbocycles. The molecule has 118 valence electrons. The van der Waals surface area contributed by atoms with Crippen LogP contribution < -0.4 is 11.1 Å². The summed E-state index contributed by atoms with van der Waals surface area (Å²) in [6, 6.07) is 17.5. The van der Waals surface area contributed by atoms with E-state index in [1.807, 2.05) is 68.4 Å². The zero-order valence-corrected chi connectivity index (χ0v) is 14.0. The van der Waals surface area contributed by atoms with Crippen LogP contribution in [-0.4, -0.2) is 5.91 Å². The van der Waals surface area contributed by atoms with Crippen LogP contribution in [-0.2, 0) is 10.3 Å². The van der Waals surface area contributed by atoms with Crippen molar-refractivity contribution in [2.24, 2.45) is 5.73 Å². The van der Waals surface area contributed by atoms with Gasteiger partial charge in [0.25, 0.3) is 0 Å². The van der Waals surface area contributed by atoms with Gasteiger partial charge in [0.2, 0.25) is 5.91 Å². The molecule has 2 aromatic rings. The maximum absolute atomic E-state index is 12.5. The highest BCUT2D eigenvalue weighted by Gasteiger charge is 2.31. The molecule has 1 amide bonds. The lowest BCUT2D eigenvalue weighted by Crippen LogP contribution is -2.49. The summed E-state index contributed by atoms with van der Waals surface area (Å²) in [7, 11) is 0. The molecule has 2 rings (SSSR count). The summed E-state index contributed by atoms with van der Waals surface area (Å²) in [4.78, 5) is 12.5. The summed E-state index contributed by atoms with van der Waals surface area (Å²) in [6.07, 6.45) is 0. The van der Waals surface area contributed by atoms with E-state index in [1.165, 1.54) is 5.56 Å². The monoisotopic (exact) mass is 318 g/mol. The molecule has 22 heavy (non-hydrogen) atoms. The molecule has 3 nitrogen and oxygen atoms in total. The first kappa shape index (κ1) is 18.2. The average Bonchev–Trinajstić information content (AvgIpc) is 2.48. The number of aryl methyl sites for hydroxylation is 1. The van der Waals surface area contributed by atoms with E-state index in [-0.39, 0.29) is 24.4 Å². The van der Waals surface area contributed by atoms with Gasteiger partial charge in [-0.15, -0.1) is 12.4 Å². The number of amides is 1. The molecule has 3 N–H and O–H groups in total. The molecule has 0 saturated carbocycles. The number of benzene rings is 2. The van der Waals surface area contributed by atoms with E-state index < -0.39 is 5.54 Å². The van der Waals surface area contributed by atoms with Gasteiger partial charge < -0.3 is 11.1 Å². The fourth-order valence-electron chi connectivity index (χ4n) is 2.20. The van der Waals surface area contributed by atoms with Crippen molar-refractivity contribution in [3.63, 3.8) is 0 Å². The first-order valence-electron chi connectivity index (χ1n) is 7.13. The van der Waals surface area contributed by atoms with Gasteiger partial charge in [0, 0.05) is 0 Å². The first-order valence-corrected chi connectivity index (χ1v) is 7.13. The highest BCUT2D eigenvalue weighted by molar-refractivity contribution is 5.87. The van der Waals surface area contributed by atoms with Crippen molar-refractivity contribution in [1.82, 2.24) is 5.32 Å². The van der Waals surface area contributed by atoms with Gasteiger partial charge in [-0.05, 0) is 31.9 Å². The molecule has 0 heterocycles. The highest BCUT2D eigenvalue weighted by atomic mass is 35.5. The highest BCUT2D eigenvalue weighted by Crippen LogP contribution is 2.20. The summed E-state index contributed by atoms with van der Waals surface area (Å²) in [5.41, 5.74) is 8.25. The summed E-state index contributed by atoms with van der Waals surface area (Å²) in [5.74, 6) is -0.179. The average molecular weight is 319 g/mol. The lowest BCUT2D eigenvalue weighted by Gasteiger charge is -2.26. The van der Waals surface area contributed by atoms with Crippen molar-refractivity contribution in [1.29, 1.82) is 0 Å². The SMILES string of the molecule is Cc1ccc(C(C)NC(=O)C(C)(N)c2ccccc2)cc1.Cl. The van der Waals surface area contributed by atoms with Crippen molar-refractivity contribution >= 4 is 18.3 Å². The second-order valence-electron chi connectivity index (χ2n) is 5.67. The lowest BCUT2D eigenvalue weighted by atomic mass is 9.91. The van der Waals surface area contributed by atoms with Crippen LogP contribution in [0.3, 0.4) is 0 Å². The normalized spacial score (nSPS) is 14.4. The standard InChI is InChI=1S/C18H22N2O.ClH/c1-13-9-11-15(12-10-13)14(2)20-17(21)18(3,19)16-7-5-4-6-8-16;/h4-12,14H,19H2,1-3H3,(H,20,21);1H. The molecule has 4 heteroatoms. The maximum Gasteiger partial charge on any atom is 0.244 e. The second kappa shape index (κ2) is 7.43. The van der Waals surface area contributed by atoms with Crippen molar-refractivity contribution in [2.75, 3.05) is 0 Å². The van der Waals surface area contributed by atoms with Crippen LogP contribution in [0.2, 0.25) is 0 Å². The molecule has 0 bridgehead atoms. The zero-order chi connectivity index (χ0) is 15.5. The molecule has 0 spiro atoms. The molecule has 0 aliphatic heterocycles. The Labute approximate surface area is 138 Å². The molecule has 2 atom stereocenters. The maximum atomic E-state index is 12.5. The van der Waals surface area contributed by atoms with Crippen molar-refractivity contribution in [2.45, 2.75) is 32.4 Å². The third-order valence-electron chi connectivity index (χ3n) is 3.77. The van der Waals surface area contributed by atoms with E-state index in [1.54, 1.807) is 6.92 Å². The summed E-state index contributed by atoms with van der Waals surface area (Å²) >= 11 is 0. The van der Waals surface area contributed by atoms with Crippen LogP contribution in [0.4, 0.5) is 0 Å². The van der Waals surface area contributed by atoms with E-state index in [0.717, 1.165) is 11.1 Å². The topological polar surface area (TPSA) is 55.1 Å². The minimum Gasteiger partial charge on any atom is -0.348 e. The van der Waals surface area contributed by atoms with Gasteiger partial charge in [-0.25, -0.2) is 0 Å². The molecule has 0 aliphatic carbocycles. The number of hydrogen-bond donors (Lipinski definition) is 2. The van der Waals surface area contributed by atoms with Crippen LogP contribution in [0.1, 0.15) is 36.6 Å². The van der Waals surface area contributed by atoms with Gasteiger partial charge in [0.05, 0.1) is 6.04 Å². The van der Waals surface area contributed by atoms with Crippen LogP contribution in [0.15, 0.2) is 54.6 Å². The molecule has 2 unspecified atom stereocenters. The first-order chi connectivity index (χ1) is 9.91. The third kappa shape index (κ3) is 4.09. The minimum atomic E-state index is -1.04. The second-order valence-corrected chi connectivity index (χ2v) is 5.67. The Morgan fingerprint density at radius 1 is 1.09 bits per heavy atom. The van der Waals surface area contributed by atoms with Crippen molar-refractivity contribution in [3.05, 3.63) is 71.3 Å². The van der Waals surface area contributed by atoms with Crippen LogP contribution in [0.5, 0.6) is 0 Å². The summed E-state index contributed by atoms with van der Waals surface area (Å²) in [6.45, 7) is 5.74. The van der Waals surface area contributed by atoms with E-state index in [4.69, 9.17) is 5.73 Å².